The highest BCUT2D eigenvalue weighted by molar-refractivity contribution is 7.91. The van der Waals surface area contributed by atoms with Gasteiger partial charge >= 0.3 is 0 Å². The van der Waals surface area contributed by atoms with Gasteiger partial charge in [-0.2, -0.15) is 0 Å². The number of aryl methyl sites for hydroxylation is 2. The lowest BCUT2D eigenvalue weighted by Gasteiger charge is -2.08. The molecule has 2 aromatic carbocycles. The van der Waals surface area contributed by atoms with Crippen molar-refractivity contribution >= 4 is 33.0 Å². The van der Waals surface area contributed by atoms with Gasteiger partial charge in [0, 0.05) is 10.7 Å². The fourth-order valence-corrected chi connectivity index (χ4v) is 3.50. The van der Waals surface area contributed by atoms with E-state index in [4.69, 9.17) is 11.6 Å². The molecule has 0 radical (unpaired) electrons. The molecule has 23 heavy (non-hydrogen) atoms. The summed E-state index contributed by atoms with van der Waals surface area (Å²) in [5.74, 6) is -1.28. The molecule has 2 aromatic rings. The van der Waals surface area contributed by atoms with E-state index in [0.717, 1.165) is 11.1 Å². The average molecular weight is 352 g/mol. The first-order valence-electron chi connectivity index (χ1n) is 7.07. The fraction of sp³-hybridized carbons (Fsp3) is 0.235. The molecule has 0 bridgehead atoms. The number of anilines is 1. The third-order valence-electron chi connectivity index (χ3n) is 3.44. The van der Waals surface area contributed by atoms with E-state index in [1.807, 2.05) is 26.0 Å². The zero-order chi connectivity index (χ0) is 17.0. The van der Waals surface area contributed by atoms with Crippen LogP contribution >= 0.6 is 11.6 Å². The van der Waals surface area contributed by atoms with E-state index in [1.165, 1.54) is 0 Å². The van der Waals surface area contributed by atoms with Gasteiger partial charge < -0.3 is 5.32 Å². The Bertz CT molecular complexity index is 814. The van der Waals surface area contributed by atoms with Gasteiger partial charge in [-0.25, -0.2) is 8.42 Å². The molecule has 4 nitrogen and oxygen atoms in total. The molecule has 0 aliphatic heterocycles. The lowest BCUT2D eigenvalue weighted by atomic mass is 10.1. The smallest absolute Gasteiger partial charge is 0.239 e. The van der Waals surface area contributed by atoms with Gasteiger partial charge in [0.2, 0.25) is 5.91 Å². The zero-order valence-corrected chi connectivity index (χ0v) is 14.5. The maximum atomic E-state index is 12.1. The van der Waals surface area contributed by atoms with Crippen LogP contribution in [0.5, 0.6) is 0 Å². The topological polar surface area (TPSA) is 63.2 Å². The van der Waals surface area contributed by atoms with Crippen LogP contribution in [0.25, 0.3) is 0 Å². The largest absolute Gasteiger partial charge is 0.325 e. The van der Waals surface area contributed by atoms with E-state index in [0.29, 0.717) is 16.3 Å². The first kappa shape index (κ1) is 17.5. The van der Waals surface area contributed by atoms with E-state index < -0.39 is 21.5 Å². The van der Waals surface area contributed by atoms with Crippen LogP contribution in [0, 0.1) is 13.8 Å². The number of hydrogen-bond donors (Lipinski definition) is 1. The van der Waals surface area contributed by atoms with Crippen molar-refractivity contribution in [2.45, 2.75) is 19.6 Å². The Balaban J connectivity index is 2.00. The third kappa shape index (κ3) is 5.37. The highest BCUT2D eigenvalue weighted by atomic mass is 35.5. The molecule has 0 aliphatic carbocycles. The summed E-state index contributed by atoms with van der Waals surface area (Å²) in [6, 6.07) is 12.0. The molecule has 1 N–H and O–H groups in total. The van der Waals surface area contributed by atoms with E-state index in [2.05, 4.69) is 5.32 Å². The highest BCUT2D eigenvalue weighted by Gasteiger charge is 2.17. The molecule has 0 saturated carbocycles. The Kier molecular flexibility index (Phi) is 5.44. The van der Waals surface area contributed by atoms with Gasteiger partial charge in [-0.15, -0.1) is 0 Å². The van der Waals surface area contributed by atoms with Crippen LogP contribution in [0.15, 0.2) is 42.5 Å². The lowest BCUT2D eigenvalue weighted by molar-refractivity contribution is -0.113. The van der Waals surface area contributed by atoms with E-state index in [9.17, 15) is 13.2 Å². The molecule has 6 heteroatoms. The normalized spacial score (nSPS) is 11.3. The molecule has 0 aromatic heterocycles. The molecular weight excluding hydrogens is 334 g/mol. The van der Waals surface area contributed by atoms with Gasteiger partial charge in [0.25, 0.3) is 0 Å². The third-order valence-corrected chi connectivity index (χ3v) is 5.17. The molecular formula is C17H18ClNO3S. The van der Waals surface area contributed by atoms with Crippen LogP contribution in [-0.2, 0) is 20.4 Å². The number of sulfone groups is 1. The molecule has 2 rings (SSSR count). The van der Waals surface area contributed by atoms with Crippen molar-refractivity contribution in [3.63, 3.8) is 0 Å². The Morgan fingerprint density at radius 3 is 2.30 bits per heavy atom. The SMILES string of the molecule is Cc1ccc(NC(=O)CS(=O)(=O)Cc2ccc(Cl)cc2)cc1C. The highest BCUT2D eigenvalue weighted by Crippen LogP contribution is 2.15. The van der Waals surface area contributed by atoms with Crippen molar-refractivity contribution in [3.05, 3.63) is 64.2 Å². The van der Waals surface area contributed by atoms with Crippen molar-refractivity contribution in [1.29, 1.82) is 0 Å². The molecule has 0 fully saturated rings. The monoisotopic (exact) mass is 351 g/mol. The van der Waals surface area contributed by atoms with Gasteiger partial charge in [0.1, 0.15) is 5.75 Å². The predicted octanol–water partition coefficient (Wildman–Crippen LogP) is 3.51. The molecule has 0 unspecified atom stereocenters. The number of benzene rings is 2. The van der Waals surface area contributed by atoms with Gasteiger partial charge in [-0.1, -0.05) is 29.8 Å². The second-order valence-corrected chi connectivity index (χ2v) is 8.01. The van der Waals surface area contributed by atoms with Crippen LogP contribution in [0.4, 0.5) is 5.69 Å². The second-order valence-electron chi connectivity index (χ2n) is 5.51. The molecule has 1 amide bonds. The zero-order valence-electron chi connectivity index (χ0n) is 13.0. The first-order chi connectivity index (χ1) is 10.7. The van der Waals surface area contributed by atoms with Crippen molar-refractivity contribution in [2.75, 3.05) is 11.1 Å². The minimum Gasteiger partial charge on any atom is -0.325 e. The first-order valence-corrected chi connectivity index (χ1v) is 9.27. The minimum absolute atomic E-state index is 0.190. The van der Waals surface area contributed by atoms with E-state index in [1.54, 1.807) is 30.3 Å². The molecule has 0 spiro atoms. The molecule has 0 heterocycles. The fourth-order valence-electron chi connectivity index (χ4n) is 2.10. The number of rotatable bonds is 5. The standard InChI is InChI=1S/C17H18ClNO3S/c1-12-3-8-16(9-13(12)2)19-17(20)11-23(21,22)10-14-4-6-15(18)7-5-14/h3-9H,10-11H2,1-2H3,(H,19,20). The summed E-state index contributed by atoms with van der Waals surface area (Å²) in [4.78, 5) is 12.0. The Hall–Kier alpha value is -1.85. The maximum absolute atomic E-state index is 12.1. The Morgan fingerprint density at radius 2 is 1.70 bits per heavy atom. The van der Waals surface area contributed by atoms with Crippen LogP contribution in [0.2, 0.25) is 5.02 Å². The number of nitrogens with one attached hydrogen (secondary N) is 1. The summed E-state index contributed by atoms with van der Waals surface area (Å²) in [7, 11) is -3.54. The second kappa shape index (κ2) is 7.15. The summed E-state index contributed by atoms with van der Waals surface area (Å²) in [5.41, 5.74) is 3.35. The quantitative estimate of drug-likeness (QED) is 0.896. The molecule has 0 aliphatic rings. The number of carbonyl (C=O) groups is 1. The molecule has 0 atom stereocenters. The summed E-state index contributed by atoms with van der Waals surface area (Å²) in [6.07, 6.45) is 0. The van der Waals surface area contributed by atoms with Crippen molar-refractivity contribution < 1.29 is 13.2 Å². The van der Waals surface area contributed by atoms with Gasteiger partial charge in [-0.3, -0.25) is 4.79 Å². The number of halogens is 1. The van der Waals surface area contributed by atoms with Gasteiger partial charge in [-0.05, 0) is 54.8 Å². The van der Waals surface area contributed by atoms with Crippen molar-refractivity contribution in [1.82, 2.24) is 0 Å². The number of amides is 1. The summed E-state index contributed by atoms with van der Waals surface area (Å²) in [6.45, 7) is 3.90. The predicted molar refractivity (Wildman–Crippen MR) is 93.5 cm³/mol. The molecule has 0 saturated heterocycles. The van der Waals surface area contributed by atoms with Gasteiger partial charge in [0.15, 0.2) is 9.84 Å². The van der Waals surface area contributed by atoms with E-state index in [-0.39, 0.29) is 5.75 Å². The van der Waals surface area contributed by atoms with Crippen LogP contribution < -0.4 is 5.32 Å². The Morgan fingerprint density at radius 1 is 1.04 bits per heavy atom. The average Bonchev–Trinajstić information content (AvgIpc) is 2.44. The molecule has 122 valence electrons. The summed E-state index contributed by atoms with van der Waals surface area (Å²) < 4.78 is 24.2. The Labute approximate surface area is 141 Å². The number of carbonyl (C=O) groups excluding carboxylic acids is 1. The van der Waals surface area contributed by atoms with Crippen LogP contribution in [0.1, 0.15) is 16.7 Å². The van der Waals surface area contributed by atoms with Crippen molar-refractivity contribution in [3.8, 4) is 0 Å². The van der Waals surface area contributed by atoms with Crippen molar-refractivity contribution in [2.24, 2.45) is 0 Å². The minimum atomic E-state index is -3.54. The maximum Gasteiger partial charge on any atom is 0.239 e. The number of hydrogen-bond acceptors (Lipinski definition) is 3. The van der Waals surface area contributed by atoms with Crippen LogP contribution in [0.3, 0.4) is 0 Å². The lowest BCUT2D eigenvalue weighted by Crippen LogP contribution is -2.24. The van der Waals surface area contributed by atoms with E-state index >= 15 is 0 Å². The summed E-state index contributed by atoms with van der Waals surface area (Å²) in [5, 5.41) is 3.16. The van der Waals surface area contributed by atoms with Crippen LogP contribution in [-0.4, -0.2) is 20.1 Å². The summed E-state index contributed by atoms with van der Waals surface area (Å²) >= 11 is 5.77. The van der Waals surface area contributed by atoms with Gasteiger partial charge in [0.05, 0.1) is 5.75 Å².